The second kappa shape index (κ2) is 7.81. The van der Waals surface area contributed by atoms with E-state index in [0.717, 1.165) is 38.4 Å². The van der Waals surface area contributed by atoms with E-state index in [1.165, 1.54) is 4.88 Å². The maximum absolute atomic E-state index is 12.1. The molecule has 1 aliphatic heterocycles. The summed E-state index contributed by atoms with van der Waals surface area (Å²) in [6.07, 6.45) is 1.21. The van der Waals surface area contributed by atoms with Gasteiger partial charge in [0, 0.05) is 30.1 Å². The molecule has 1 fully saturated rings. The number of morpholine rings is 1. The number of benzene rings is 1. The van der Waals surface area contributed by atoms with Gasteiger partial charge in [0.05, 0.1) is 23.9 Å². The quantitative estimate of drug-likeness (QED) is 0.891. The van der Waals surface area contributed by atoms with Crippen LogP contribution in [0.1, 0.15) is 11.3 Å². The predicted molar refractivity (Wildman–Crippen MR) is 95.8 cm³/mol. The number of aryl methyl sites for hydroxylation is 1. The fourth-order valence-electron chi connectivity index (χ4n) is 2.53. The molecule has 6 heteroatoms. The van der Waals surface area contributed by atoms with Crippen molar-refractivity contribution in [3.8, 4) is 0 Å². The van der Waals surface area contributed by atoms with Crippen molar-refractivity contribution in [2.75, 3.05) is 36.5 Å². The van der Waals surface area contributed by atoms with Crippen molar-refractivity contribution in [2.45, 2.75) is 12.8 Å². The SMILES string of the molecule is O=C(CCc1cccs1)Nc1cc(N2CCOCC2)ccc1Cl. The highest BCUT2D eigenvalue weighted by Gasteiger charge is 2.14. The summed E-state index contributed by atoms with van der Waals surface area (Å²) in [6.45, 7) is 3.16. The van der Waals surface area contributed by atoms with E-state index in [2.05, 4.69) is 10.2 Å². The molecular weight excluding hydrogens is 332 g/mol. The number of thiophene rings is 1. The normalized spacial score (nSPS) is 14.7. The molecule has 1 aromatic carbocycles. The van der Waals surface area contributed by atoms with Gasteiger partial charge >= 0.3 is 0 Å². The van der Waals surface area contributed by atoms with Crippen LogP contribution in [0.25, 0.3) is 0 Å². The summed E-state index contributed by atoms with van der Waals surface area (Å²) in [4.78, 5) is 15.6. The Labute approximate surface area is 145 Å². The van der Waals surface area contributed by atoms with E-state index >= 15 is 0 Å². The van der Waals surface area contributed by atoms with Crippen LogP contribution in [0, 0.1) is 0 Å². The molecule has 0 unspecified atom stereocenters. The van der Waals surface area contributed by atoms with Crippen molar-refractivity contribution in [1.82, 2.24) is 0 Å². The molecule has 0 aliphatic carbocycles. The number of carbonyl (C=O) groups excluding carboxylic acids is 1. The summed E-state index contributed by atoms with van der Waals surface area (Å²) in [6, 6.07) is 9.80. The Morgan fingerprint density at radius 1 is 1.30 bits per heavy atom. The number of hydrogen-bond acceptors (Lipinski definition) is 4. The molecule has 0 spiro atoms. The molecule has 1 aromatic heterocycles. The molecule has 23 heavy (non-hydrogen) atoms. The van der Waals surface area contributed by atoms with Crippen LogP contribution < -0.4 is 10.2 Å². The minimum Gasteiger partial charge on any atom is -0.378 e. The first-order valence-corrected chi connectivity index (χ1v) is 8.92. The monoisotopic (exact) mass is 350 g/mol. The van der Waals surface area contributed by atoms with Crippen molar-refractivity contribution in [1.29, 1.82) is 0 Å². The van der Waals surface area contributed by atoms with E-state index in [-0.39, 0.29) is 5.91 Å². The van der Waals surface area contributed by atoms with Gasteiger partial charge < -0.3 is 15.0 Å². The van der Waals surface area contributed by atoms with Crippen LogP contribution in [-0.2, 0) is 16.0 Å². The summed E-state index contributed by atoms with van der Waals surface area (Å²) >= 11 is 7.89. The third kappa shape index (κ3) is 4.47. The first-order valence-electron chi connectivity index (χ1n) is 7.67. The number of rotatable bonds is 5. The van der Waals surface area contributed by atoms with Crippen LogP contribution in [0.4, 0.5) is 11.4 Å². The molecular formula is C17H19ClN2O2S. The lowest BCUT2D eigenvalue weighted by atomic mass is 10.2. The van der Waals surface area contributed by atoms with Crippen molar-refractivity contribution >= 4 is 40.2 Å². The zero-order valence-corrected chi connectivity index (χ0v) is 14.3. The fourth-order valence-corrected chi connectivity index (χ4v) is 3.41. The Hall–Kier alpha value is -1.56. The number of anilines is 2. The van der Waals surface area contributed by atoms with Crippen LogP contribution in [-0.4, -0.2) is 32.2 Å². The number of carbonyl (C=O) groups is 1. The summed E-state index contributed by atoms with van der Waals surface area (Å²) in [5.41, 5.74) is 1.73. The molecule has 2 heterocycles. The van der Waals surface area contributed by atoms with Crippen LogP contribution >= 0.6 is 22.9 Å². The number of halogens is 1. The van der Waals surface area contributed by atoms with Gasteiger partial charge in [-0.05, 0) is 36.1 Å². The highest BCUT2D eigenvalue weighted by atomic mass is 35.5. The average molecular weight is 351 g/mol. The zero-order valence-electron chi connectivity index (χ0n) is 12.8. The number of amides is 1. The van der Waals surface area contributed by atoms with E-state index in [9.17, 15) is 4.79 Å². The molecule has 0 saturated carbocycles. The number of ether oxygens (including phenoxy) is 1. The molecule has 1 amide bonds. The van der Waals surface area contributed by atoms with E-state index in [4.69, 9.17) is 16.3 Å². The third-order valence-corrected chi connectivity index (χ3v) is 5.04. The van der Waals surface area contributed by atoms with Crippen molar-refractivity contribution < 1.29 is 9.53 Å². The van der Waals surface area contributed by atoms with E-state index in [1.54, 1.807) is 11.3 Å². The van der Waals surface area contributed by atoms with Gasteiger partial charge in [0.2, 0.25) is 5.91 Å². The Morgan fingerprint density at radius 3 is 2.87 bits per heavy atom. The van der Waals surface area contributed by atoms with Crippen molar-refractivity contribution in [3.63, 3.8) is 0 Å². The van der Waals surface area contributed by atoms with E-state index < -0.39 is 0 Å². The molecule has 0 radical (unpaired) electrons. The Bertz CT molecular complexity index is 655. The summed E-state index contributed by atoms with van der Waals surface area (Å²) in [5, 5.41) is 5.51. The molecule has 0 atom stereocenters. The van der Waals surface area contributed by atoms with Crippen LogP contribution in [0.2, 0.25) is 5.02 Å². The van der Waals surface area contributed by atoms with E-state index in [0.29, 0.717) is 17.1 Å². The largest absolute Gasteiger partial charge is 0.378 e. The molecule has 2 aromatic rings. The number of hydrogen-bond donors (Lipinski definition) is 1. The maximum atomic E-state index is 12.1. The van der Waals surface area contributed by atoms with Gasteiger partial charge in [-0.3, -0.25) is 4.79 Å². The highest BCUT2D eigenvalue weighted by molar-refractivity contribution is 7.09. The molecule has 122 valence electrons. The Morgan fingerprint density at radius 2 is 2.13 bits per heavy atom. The Balaban J connectivity index is 1.62. The molecule has 4 nitrogen and oxygen atoms in total. The van der Waals surface area contributed by atoms with Crippen LogP contribution in [0.3, 0.4) is 0 Å². The van der Waals surface area contributed by atoms with Gasteiger partial charge in [-0.15, -0.1) is 11.3 Å². The second-order valence-electron chi connectivity index (χ2n) is 5.39. The van der Waals surface area contributed by atoms with E-state index in [1.807, 2.05) is 35.7 Å². The average Bonchev–Trinajstić information content (AvgIpc) is 3.09. The van der Waals surface area contributed by atoms with Gasteiger partial charge in [0.1, 0.15) is 0 Å². The van der Waals surface area contributed by atoms with Crippen LogP contribution in [0.5, 0.6) is 0 Å². The van der Waals surface area contributed by atoms with Gasteiger partial charge in [0.15, 0.2) is 0 Å². The second-order valence-corrected chi connectivity index (χ2v) is 6.83. The number of nitrogens with zero attached hydrogens (tertiary/aromatic N) is 1. The Kier molecular flexibility index (Phi) is 5.54. The van der Waals surface area contributed by atoms with Crippen LogP contribution in [0.15, 0.2) is 35.7 Å². The topological polar surface area (TPSA) is 41.6 Å². The maximum Gasteiger partial charge on any atom is 0.224 e. The first-order chi connectivity index (χ1) is 11.2. The number of nitrogens with one attached hydrogen (secondary N) is 1. The lowest BCUT2D eigenvalue weighted by molar-refractivity contribution is -0.116. The predicted octanol–water partition coefficient (Wildman–Crippen LogP) is 3.81. The minimum absolute atomic E-state index is 0.0144. The van der Waals surface area contributed by atoms with Gasteiger partial charge in [0.25, 0.3) is 0 Å². The molecule has 3 rings (SSSR count). The summed E-state index contributed by atoms with van der Waals surface area (Å²) < 4.78 is 5.37. The lowest BCUT2D eigenvalue weighted by Crippen LogP contribution is -2.36. The highest BCUT2D eigenvalue weighted by Crippen LogP contribution is 2.28. The third-order valence-electron chi connectivity index (χ3n) is 3.78. The fraction of sp³-hybridized carbons (Fsp3) is 0.353. The summed E-state index contributed by atoms with van der Waals surface area (Å²) in [7, 11) is 0. The van der Waals surface area contributed by atoms with Gasteiger partial charge in [-0.2, -0.15) is 0 Å². The first kappa shape index (κ1) is 16.3. The van der Waals surface area contributed by atoms with Crippen molar-refractivity contribution in [3.05, 3.63) is 45.6 Å². The molecule has 1 N–H and O–H groups in total. The van der Waals surface area contributed by atoms with Gasteiger partial charge in [-0.1, -0.05) is 17.7 Å². The molecule has 1 aliphatic rings. The minimum atomic E-state index is -0.0144. The molecule has 0 bridgehead atoms. The van der Waals surface area contributed by atoms with Crippen molar-refractivity contribution in [2.24, 2.45) is 0 Å². The summed E-state index contributed by atoms with van der Waals surface area (Å²) in [5.74, 6) is -0.0144. The smallest absolute Gasteiger partial charge is 0.224 e. The lowest BCUT2D eigenvalue weighted by Gasteiger charge is -2.29. The molecule has 1 saturated heterocycles. The zero-order chi connectivity index (χ0) is 16.1. The van der Waals surface area contributed by atoms with Gasteiger partial charge in [-0.25, -0.2) is 0 Å². The standard InChI is InChI=1S/C17H19ClN2O2S/c18-15-5-3-13(20-7-9-22-10-8-20)12-16(15)19-17(21)6-4-14-2-1-11-23-14/h1-3,5,11-12H,4,6-10H2,(H,19,21).